The number of methoxy groups -OCH3 is 1. The molecular formula is C18H25NO4. The molecule has 0 radical (unpaired) electrons. The van der Waals surface area contributed by atoms with Crippen molar-refractivity contribution < 1.29 is 19.4 Å². The molecule has 2 rings (SSSR count). The first-order chi connectivity index (χ1) is 10.9. The van der Waals surface area contributed by atoms with Crippen LogP contribution in [0, 0.1) is 13.8 Å². The molecule has 1 saturated heterocycles. The number of carbonyl (C=O) groups is 2. The molecule has 23 heavy (non-hydrogen) atoms. The van der Waals surface area contributed by atoms with Gasteiger partial charge in [0, 0.05) is 20.1 Å². The van der Waals surface area contributed by atoms with Gasteiger partial charge in [0.05, 0.1) is 6.61 Å². The van der Waals surface area contributed by atoms with E-state index < -0.39 is 11.5 Å². The molecule has 126 valence electrons. The Balaban J connectivity index is 2.08. The van der Waals surface area contributed by atoms with E-state index in [1.165, 1.54) is 23.1 Å². The maximum absolute atomic E-state index is 12.6. The van der Waals surface area contributed by atoms with Crippen LogP contribution in [0.25, 0.3) is 0 Å². The highest BCUT2D eigenvalue weighted by Crippen LogP contribution is 2.31. The lowest BCUT2D eigenvalue weighted by Crippen LogP contribution is -2.56. The van der Waals surface area contributed by atoms with Crippen molar-refractivity contribution in [1.29, 1.82) is 0 Å². The minimum absolute atomic E-state index is 0.0393. The molecule has 0 saturated carbocycles. The van der Waals surface area contributed by atoms with E-state index in [-0.39, 0.29) is 12.5 Å². The summed E-state index contributed by atoms with van der Waals surface area (Å²) in [5, 5.41) is 9.60. The molecule has 1 unspecified atom stereocenters. The van der Waals surface area contributed by atoms with Crippen molar-refractivity contribution in [1.82, 2.24) is 4.90 Å². The number of rotatable bonds is 6. The third-order valence-electron chi connectivity index (χ3n) is 4.48. The molecule has 1 aliphatic rings. The zero-order valence-electron chi connectivity index (χ0n) is 14.1. The maximum atomic E-state index is 12.6. The summed E-state index contributed by atoms with van der Waals surface area (Å²) in [4.78, 5) is 25.8. The normalized spacial score (nSPS) is 20.7. The number of likely N-dealkylation sites (tertiary alicyclic amines) is 1. The monoisotopic (exact) mass is 319 g/mol. The van der Waals surface area contributed by atoms with Gasteiger partial charge in [-0.2, -0.15) is 0 Å². The van der Waals surface area contributed by atoms with Crippen molar-refractivity contribution in [3.63, 3.8) is 0 Å². The zero-order valence-corrected chi connectivity index (χ0v) is 14.1. The first-order valence-electron chi connectivity index (χ1n) is 7.99. The van der Waals surface area contributed by atoms with Gasteiger partial charge in [0.15, 0.2) is 5.54 Å². The van der Waals surface area contributed by atoms with Crippen molar-refractivity contribution in [2.75, 3.05) is 20.3 Å². The average Bonchev–Trinajstić information content (AvgIpc) is 2.89. The number of carbonyl (C=O) groups excluding carboxylic acids is 1. The standard InChI is InChI=1S/C18H25NO4/c1-13-9-14(2)11-15(10-13)5-6-16(20)19-8-4-7-18(19,12-23-3)17(21)22/h9-11H,4-8,12H2,1-3H3,(H,21,22). The van der Waals surface area contributed by atoms with Gasteiger partial charge in [-0.05, 0) is 38.7 Å². The second-order valence-electron chi connectivity index (χ2n) is 6.41. The number of hydrogen-bond donors (Lipinski definition) is 1. The molecule has 1 N–H and O–H groups in total. The number of hydrogen-bond acceptors (Lipinski definition) is 3. The minimum atomic E-state index is -1.20. The van der Waals surface area contributed by atoms with Gasteiger partial charge in [0.25, 0.3) is 0 Å². The Hall–Kier alpha value is -1.88. The molecule has 0 spiro atoms. The summed E-state index contributed by atoms with van der Waals surface area (Å²) < 4.78 is 5.09. The van der Waals surface area contributed by atoms with Crippen LogP contribution in [-0.4, -0.2) is 47.7 Å². The van der Waals surface area contributed by atoms with Crippen LogP contribution in [0.4, 0.5) is 0 Å². The van der Waals surface area contributed by atoms with Gasteiger partial charge < -0.3 is 14.7 Å². The first-order valence-corrected chi connectivity index (χ1v) is 7.99. The van der Waals surface area contributed by atoms with Crippen molar-refractivity contribution in [2.24, 2.45) is 0 Å². The molecule has 1 atom stereocenters. The smallest absolute Gasteiger partial charge is 0.332 e. The average molecular weight is 319 g/mol. The Morgan fingerprint density at radius 1 is 1.26 bits per heavy atom. The molecule has 1 aromatic carbocycles. The van der Waals surface area contributed by atoms with E-state index in [0.717, 1.165) is 5.56 Å². The summed E-state index contributed by atoms with van der Waals surface area (Å²) in [5.74, 6) is -1.09. The lowest BCUT2D eigenvalue weighted by Gasteiger charge is -2.34. The van der Waals surface area contributed by atoms with E-state index >= 15 is 0 Å². The summed E-state index contributed by atoms with van der Waals surface area (Å²) in [7, 11) is 1.47. The van der Waals surface area contributed by atoms with Crippen molar-refractivity contribution in [3.05, 3.63) is 34.9 Å². The summed E-state index contributed by atoms with van der Waals surface area (Å²) in [5.41, 5.74) is 2.26. The fourth-order valence-corrected chi connectivity index (χ4v) is 3.51. The number of aryl methyl sites for hydroxylation is 3. The largest absolute Gasteiger partial charge is 0.479 e. The predicted octanol–water partition coefficient (Wildman–Crippen LogP) is 2.33. The summed E-state index contributed by atoms with van der Waals surface area (Å²) in [6.07, 6.45) is 2.10. The number of benzene rings is 1. The summed E-state index contributed by atoms with van der Waals surface area (Å²) >= 11 is 0. The molecule has 1 aromatic rings. The topological polar surface area (TPSA) is 66.8 Å². The van der Waals surface area contributed by atoms with Gasteiger partial charge in [-0.1, -0.05) is 29.3 Å². The van der Waals surface area contributed by atoms with Crippen LogP contribution in [-0.2, 0) is 20.7 Å². The Labute approximate surface area is 137 Å². The van der Waals surface area contributed by atoms with Crippen LogP contribution in [0.3, 0.4) is 0 Å². The Morgan fingerprint density at radius 2 is 1.91 bits per heavy atom. The molecule has 1 aliphatic heterocycles. The van der Waals surface area contributed by atoms with Crippen LogP contribution in [0.1, 0.15) is 36.0 Å². The van der Waals surface area contributed by atoms with E-state index in [1.54, 1.807) is 0 Å². The van der Waals surface area contributed by atoms with Crippen molar-refractivity contribution in [3.8, 4) is 0 Å². The van der Waals surface area contributed by atoms with Gasteiger partial charge in [0.2, 0.25) is 5.91 Å². The molecule has 1 amide bonds. The van der Waals surface area contributed by atoms with Crippen LogP contribution in [0.15, 0.2) is 18.2 Å². The fraction of sp³-hybridized carbons (Fsp3) is 0.556. The maximum Gasteiger partial charge on any atom is 0.332 e. The molecule has 0 aromatic heterocycles. The van der Waals surface area contributed by atoms with E-state index in [0.29, 0.717) is 32.2 Å². The van der Waals surface area contributed by atoms with Crippen LogP contribution in [0.5, 0.6) is 0 Å². The van der Waals surface area contributed by atoms with E-state index in [1.807, 2.05) is 13.8 Å². The van der Waals surface area contributed by atoms with Gasteiger partial charge in [-0.25, -0.2) is 4.79 Å². The first kappa shape index (κ1) is 17.5. The molecular weight excluding hydrogens is 294 g/mol. The molecule has 1 fully saturated rings. The zero-order chi connectivity index (χ0) is 17.0. The number of amides is 1. The number of carboxylic acid groups (broad SMARTS) is 1. The fourth-order valence-electron chi connectivity index (χ4n) is 3.51. The van der Waals surface area contributed by atoms with E-state index in [9.17, 15) is 14.7 Å². The Morgan fingerprint density at radius 3 is 2.48 bits per heavy atom. The summed E-state index contributed by atoms with van der Waals surface area (Å²) in [6, 6.07) is 6.24. The minimum Gasteiger partial charge on any atom is -0.479 e. The van der Waals surface area contributed by atoms with E-state index in [2.05, 4.69) is 18.2 Å². The highest BCUT2D eigenvalue weighted by Gasteiger charge is 2.49. The highest BCUT2D eigenvalue weighted by molar-refractivity contribution is 5.88. The second-order valence-corrected chi connectivity index (χ2v) is 6.41. The summed E-state index contributed by atoms with van der Waals surface area (Å²) in [6.45, 7) is 4.60. The SMILES string of the molecule is COCC1(C(=O)O)CCCN1C(=O)CCc1cc(C)cc(C)c1. The van der Waals surface area contributed by atoms with E-state index in [4.69, 9.17) is 4.74 Å². The Kier molecular flexibility index (Phi) is 5.42. The third-order valence-corrected chi connectivity index (χ3v) is 4.48. The number of ether oxygens (including phenoxy) is 1. The number of aliphatic carboxylic acids is 1. The third kappa shape index (κ3) is 3.72. The highest BCUT2D eigenvalue weighted by atomic mass is 16.5. The Bertz CT molecular complexity index is 578. The molecule has 5 nitrogen and oxygen atoms in total. The quantitative estimate of drug-likeness (QED) is 0.874. The van der Waals surface area contributed by atoms with Gasteiger partial charge in [-0.15, -0.1) is 0 Å². The van der Waals surface area contributed by atoms with Crippen molar-refractivity contribution in [2.45, 2.75) is 45.1 Å². The lowest BCUT2D eigenvalue weighted by molar-refractivity contribution is -0.160. The predicted molar refractivity (Wildman–Crippen MR) is 87.4 cm³/mol. The molecule has 0 bridgehead atoms. The van der Waals surface area contributed by atoms with Crippen LogP contribution < -0.4 is 0 Å². The van der Waals surface area contributed by atoms with Gasteiger partial charge in [0.1, 0.15) is 0 Å². The van der Waals surface area contributed by atoms with Gasteiger partial charge in [-0.3, -0.25) is 4.79 Å². The second kappa shape index (κ2) is 7.13. The lowest BCUT2D eigenvalue weighted by atomic mass is 9.96. The molecule has 0 aliphatic carbocycles. The number of nitrogens with zero attached hydrogens (tertiary/aromatic N) is 1. The van der Waals surface area contributed by atoms with Crippen LogP contribution >= 0.6 is 0 Å². The molecule has 1 heterocycles. The van der Waals surface area contributed by atoms with Crippen molar-refractivity contribution >= 4 is 11.9 Å². The van der Waals surface area contributed by atoms with Gasteiger partial charge >= 0.3 is 5.97 Å². The molecule has 5 heteroatoms. The number of carboxylic acids is 1. The van der Waals surface area contributed by atoms with Crippen LogP contribution in [0.2, 0.25) is 0 Å².